The fraction of sp³-hybridized carbons (Fsp3) is 0.714. The molecule has 0 bridgehead atoms. The number of hydrogen-bond donors (Lipinski definition) is 1. The fourth-order valence-electron chi connectivity index (χ4n) is 2.77. The molecule has 1 N–H and O–H groups in total. The first-order valence-electron chi connectivity index (χ1n) is 6.30. The van der Waals surface area contributed by atoms with Gasteiger partial charge in [-0.05, 0) is 56.6 Å². The fourth-order valence-corrected chi connectivity index (χ4v) is 3.77. The number of aliphatic hydroxyl groups is 1. The Bertz CT molecular complexity index is 355. The van der Waals surface area contributed by atoms with Crippen LogP contribution in [0.5, 0.6) is 0 Å². The summed E-state index contributed by atoms with van der Waals surface area (Å²) in [4.78, 5) is 2.48. The zero-order chi connectivity index (χ0) is 11.8. The van der Waals surface area contributed by atoms with E-state index in [4.69, 9.17) is 0 Å². The molecule has 0 aliphatic heterocycles. The summed E-state index contributed by atoms with van der Waals surface area (Å²) in [5, 5.41) is 10.8. The van der Waals surface area contributed by atoms with E-state index in [0.29, 0.717) is 11.8 Å². The van der Waals surface area contributed by atoms with Gasteiger partial charge in [0.15, 0.2) is 0 Å². The Morgan fingerprint density at radius 3 is 2.75 bits per heavy atom. The van der Waals surface area contributed by atoms with Crippen LogP contribution >= 0.6 is 11.3 Å². The van der Waals surface area contributed by atoms with Crippen molar-refractivity contribution in [3.8, 4) is 0 Å². The summed E-state index contributed by atoms with van der Waals surface area (Å²) in [5.74, 6) is 1.37. The first kappa shape index (κ1) is 12.1. The van der Waals surface area contributed by atoms with Gasteiger partial charge in [-0.25, -0.2) is 0 Å². The van der Waals surface area contributed by atoms with Crippen LogP contribution in [0.3, 0.4) is 0 Å². The minimum Gasteiger partial charge on any atom is -0.384 e. The predicted octanol–water partition coefficient (Wildman–Crippen LogP) is 4.09. The molecule has 2 atom stereocenters. The summed E-state index contributed by atoms with van der Waals surface area (Å²) in [6.45, 7) is 6.66. The number of hydrogen-bond acceptors (Lipinski definition) is 2. The lowest BCUT2D eigenvalue weighted by molar-refractivity contribution is -0.0264. The summed E-state index contributed by atoms with van der Waals surface area (Å²) < 4.78 is 0. The highest BCUT2D eigenvalue weighted by Gasteiger charge is 2.37. The molecular formula is C14H22OS. The van der Waals surface area contributed by atoms with Gasteiger partial charge in [-0.3, -0.25) is 0 Å². The van der Waals surface area contributed by atoms with Crippen molar-refractivity contribution >= 4 is 11.3 Å². The second kappa shape index (κ2) is 4.50. The van der Waals surface area contributed by atoms with Crippen LogP contribution in [0.2, 0.25) is 0 Å². The van der Waals surface area contributed by atoms with E-state index in [2.05, 4.69) is 32.9 Å². The van der Waals surface area contributed by atoms with Crippen LogP contribution in [0.4, 0.5) is 0 Å². The molecule has 0 radical (unpaired) electrons. The molecular weight excluding hydrogens is 216 g/mol. The minimum atomic E-state index is -0.536. The molecule has 2 rings (SSSR count). The van der Waals surface area contributed by atoms with Gasteiger partial charge in [0.1, 0.15) is 0 Å². The Hall–Kier alpha value is -0.340. The zero-order valence-electron chi connectivity index (χ0n) is 10.5. The maximum Gasteiger partial charge on any atom is 0.0990 e. The molecule has 1 saturated carbocycles. The molecule has 0 amide bonds. The Morgan fingerprint density at radius 2 is 2.19 bits per heavy atom. The molecule has 1 aromatic heterocycles. The molecule has 0 spiro atoms. The standard InChI is InChI=1S/C14H22OS/c1-10(2)12-5-4-8-14(15,9-12)13-7-6-11(3)16-13/h6-7,10,12,15H,4-5,8-9H2,1-3H3. The van der Waals surface area contributed by atoms with Crippen molar-refractivity contribution in [1.82, 2.24) is 0 Å². The molecule has 1 nitrogen and oxygen atoms in total. The topological polar surface area (TPSA) is 20.2 Å². The second-order valence-corrected chi connectivity index (χ2v) is 6.83. The van der Waals surface area contributed by atoms with Crippen molar-refractivity contribution in [3.05, 3.63) is 21.9 Å². The van der Waals surface area contributed by atoms with Crippen LogP contribution < -0.4 is 0 Å². The first-order valence-corrected chi connectivity index (χ1v) is 7.12. The summed E-state index contributed by atoms with van der Waals surface area (Å²) in [6.07, 6.45) is 4.33. The Kier molecular flexibility index (Phi) is 3.41. The van der Waals surface area contributed by atoms with Gasteiger partial charge in [0.25, 0.3) is 0 Å². The van der Waals surface area contributed by atoms with Crippen LogP contribution in [-0.4, -0.2) is 5.11 Å². The van der Waals surface area contributed by atoms with Gasteiger partial charge in [0, 0.05) is 9.75 Å². The first-order chi connectivity index (χ1) is 7.51. The smallest absolute Gasteiger partial charge is 0.0990 e. The zero-order valence-corrected chi connectivity index (χ0v) is 11.3. The van der Waals surface area contributed by atoms with E-state index in [9.17, 15) is 5.11 Å². The molecule has 1 aromatic rings. The average Bonchev–Trinajstić information content (AvgIpc) is 2.65. The van der Waals surface area contributed by atoms with Gasteiger partial charge in [-0.15, -0.1) is 11.3 Å². The molecule has 16 heavy (non-hydrogen) atoms. The van der Waals surface area contributed by atoms with E-state index < -0.39 is 5.60 Å². The summed E-state index contributed by atoms with van der Waals surface area (Å²) in [7, 11) is 0. The lowest BCUT2D eigenvalue weighted by Crippen LogP contribution is -2.33. The highest BCUT2D eigenvalue weighted by atomic mass is 32.1. The van der Waals surface area contributed by atoms with Gasteiger partial charge >= 0.3 is 0 Å². The third-order valence-electron chi connectivity index (χ3n) is 3.91. The van der Waals surface area contributed by atoms with Crippen LogP contribution in [0, 0.1) is 18.8 Å². The minimum absolute atomic E-state index is 0.536. The Morgan fingerprint density at radius 1 is 1.44 bits per heavy atom. The van der Waals surface area contributed by atoms with E-state index in [1.165, 1.54) is 16.2 Å². The molecule has 0 aromatic carbocycles. The van der Waals surface area contributed by atoms with E-state index in [1.54, 1.807) is 11.3 Å². The second-order valence-electron chi connectivity index (χ2n) is 5.54. The van der Waals surface area contributed by atoms with Crippen molar-refractivity contribution in [2.45, 2.75) is 52.1 Å². The normalized spacial score (nSPS) is 30.9. The predicted molar refractivity (Wildman–Crippen MR) is 69.7 cm³/mol. The third-order valence-corrected chi connectivity index (χ3v) is 5.10. The van der Waals surface area contributed by atoms with Crippen molar-refractivity contribution in [1.29, 1.82) is 0 Å². The average molecular weight is 238 g/mol. The van der Waals surface area contributed by atoms with E-state index in [1.807, 2.05) is 0 Å². The lowest BCUT2D eigenvalue weighted by Gasteiger charge is -2.38. The Balaban J connectivity index is 2.18. The van der Waals surface area contributed by atoms with Gasteiger partial charge in [0.05, 0.1) is 5.60 Å². The molecule has 1 heterocycles. The van der Waals surface area contributed by atoms with Crippen LogP contribution in [0.15, 0.2) is 12.1 Å². The quantitative estimate of drug-likeness (QED) is 0.822. The van der Waals surface area contributed by atoms with Crippen LogP contribution in [0.1, 0.15) is 49.3 Å². The van der Waals surface area contributed by atoms with Crippen molar-refractivity contribution in [2.75, 3.05) is 0 Å². The third kappa shape index (κ3) is 2.33. The summed E-state index contributed by atoms with van der Waals surface area (Å²) >= 11 is 1.76. The van der Waals surface area contributed by atoms with Crippen molar-refractivity contribution in [2.24, 2.45) is 11.8 Å². The van der Waals surface area contributed by atoms with Gasteiger partial charge in [0.2, 0.25) is 0 Å². The highest BCUT2D eigenvalue weighted by Crippen LogP contribution is 2.44. The largest absolute Gasteiger partial charge is 0.384 e. The van der Waals surface area contributed by atoms with E-state index >= 15 is 0 Å². The lowest BCUT2D eigenvalue weighted by atomic mass is 9.73. The van der Waals surface area contributed by atoms with Crippen LogP contribution in [0.25, 0.3) is 0 Å². The maximum absolute atomic E-state index is 10.8. The summed E-state index contributed by atoms with van der Waals surface area (Å²) in [6, 6.07) is 4.24. The number of aryl methyl sites for hydroxylation is 1. The maximum atomic E-state index is 10.8. The molecule has 1 aliphatic carbocycles. The van der Waals surface area contributed by atoms with Crippen molar-refractivity contribution < 1.29 is 5.11 Å². The monoisotopic (exact) mass is 238 g/mol. The molecule has 1 fully saturated rings. The molecule has 90 valence electrons. The molecule has 0 saturated heterocycles. The van der Waals surface area contributed by atoms with Gasteiger partial charge in [-0.1, -0.05) is 13.8 Å². The Labute approximate surface area is 103 Å². The van der Waals surface area contributed by atoms with Gasteiger partial charge < -0.3 is 5.11 Å². The van der Waals surface area contributed by atoms with E-state index in [0.717, 1.165) is 19.3 Å². The number of rotatable bonds is 2. The molecule has 2 unspecified atom stereocenters. The molecule has 1 aliphatic rings. The van der Waals surface area contributed by atoms with Gasteiger partial charge in [-0.2, -0.15) is 0 Å². The van der Waals surface area contributed by atoms with Crippen LogP contribution in [-0.2, 0) is 5.60 Å². The highest BCUT2D eigenvalue weighted by molar-refractivity contribution is 7.12. The number of thiophene rings is 1. The SMILES string of the molecule is Cc1ccc(C2(O)CCCC(C(C)C)C2)s1. The van der Waals surface area contributed by atoms with E-state index in [-0.39, 0.29) is 0 Å². The summed E-state index contributed by atoms with van der Waals surface area (Å²) in [5.41, 5.74) is -0.536. The van der Waals surface area contributed by atoms with Crippen molar-refractivity contribution in [3.63, 3.8) is 0 Å². The molecule has 2 heteroatoms.